The Morgan fingerprint density at radius 3 is 2.40 bits per heavy atom. The maximum Gasteiger partial charge on any atom is 0.401 e. The molecule has 3 N–H and O–H groups in total. The van der Waals surface area contributed by atoms with Gasteiger partial charge in [-0.15, -0.1) is 0 Å². The Hall–Kier alpha value is -0.820. The molecule has 0 bridgehead atoms. The fourth-order valence-electron chi connectivity index (χ4n) is 1.27. The summed E-state index contributed by atoms with van der Waals surface area (Å²) in [6, 6.07) is -0.486. The molecule has 0 aromatic rings. The lowest BCUT2D eigenvalue weighted by Gasteiger charge is -2.27. The van der Waals surface area contributed by atoms with Crippen molar-refractivity contribution in [1.29, 1.82) is 0 Å². The minimum Gasteiger partial charge on any atom is -0.294 e. The van der Waals surface area contributed by atoms with Crippen LogP contribution in [0.25, 0.3) is 0 Å². The van der Waals surface area contributed by atoms with Gasteiger partial charge in [-0.25, -0.2) is 5.84 Å². The molecular weight excluding hydrogens is 211 g/mol. The molecule has 90 valence electrons. The predicted octanol–water partition coefficient (Wildman–Crippen LogP) is 0.639. The third kappa shape index (κ3) is 6.29. The molecule has 4 nitrogen and oxygen atoms in total. The normalized spacial score (nSPS) is 14.1. The molecule has 0 saturated heterocycles. The van der Waals surface area contributed by atoms with Crippen molar-refractivity contribution in [2.24, 2.45) is 5.84 Å². The van der Waals surface area contributed by atoms with E-state index in [0.29, 0.717) is 0 Å². The van der Waals surface area contributed by atoms with Gasteiger partial charge >= 0.3 is 6.18 Å². The van der Waals surface area contributed by atoms with Gasteiger partial charge in [0.15, 0.2) is 0 Å². The first-order valence-electron chi connectivity index (χ1n) is 4.60. The van der Waals surface area contributed by atoms with Crippen LogP contribution in [0, 0.1) is 0 Å². The second-order valence-electron chi connectivity index (χ2n) is 3.30. The predicted molar refractivity (Wildman–Crippen MR) is 49.7 cm³/mol. The molecule has 1 unspecified atom stereocenters. The van der Waals surface area contributed by atoms with Crippen LogP contribution in [0.15, 0.2) is 0 Å². The van der Waals surface area contributed by atoms with Gasteiger partial charge in [0.25, 0.3) is 0 Å². The van der Waals surface area contributed by atoms with Crippen molar-refractivity contribution >= 4 is 5.91 Å². The Kier molecular flexibility index (Phi) is 5.59. The van der Waals surface area contributed by atoms with E-state index < -0.39 is 24.7 Å². The summed E-state index contributed by atoms with van der Waals surface area (Å²) in [5.74, 6) is 4.38. The number of amides is 1. The molecule has 0 aliphatic heterocycles. The third-order valence-corrected chi connectivity index (χ3v) is 2.05. The molecule has 7 heteroatoms. The zero-order valence-electron chi connectivity index (χ0n) is 8.77. The lowest BCUT2D eigenvalue weighted by Crippen LogP contribution is -2.43. The highest BCUT2D eigenvalue weighted by atomic mass is 19.4. The van der Waals surface area contributed by atoms with Crippen molar-refractivity contribution in [3.8, 4) is 0 Å². The van der Waals surface area contributed by atoms with Crippen LogP contribution < -0.4 is 11.3 Å². The quantitative estimate of drug-likeness (QED) is 0.411. The van der Waals surface area contributed by atoms with Crippen molar-refractivity contribution in [3.63, 3.8) is 0 Å². The second-order valence-corrected chi connectivity index (χ2v) is 3.30. The molecule has 0 aromatic heterocycles. The van der Waals surface area contributed by atoms with Gasteiger partial charge in [0.05, 0.1) is 6.54 Å². The number of hydrogen-bond donors (Lipinski definition) is 2. The van der Waals surface area contributed by atoms with E-state index >= 15 is 0 Å². The Morgan fingerprint density at radius 2 is 2.07 bits per heavy atom. The molecule has 1 amide bonds. The number of hydrogen-bond acceptors (Lipinski definition) is 3. The van der Waals surface area contributed by atoms with Crippen LogP contribution in [0.2, 0.25) is 0 Å². The van der Waals surface area contributed by atoms with E-state index in [1.807, 2.05) is 5.43 Å². The number of hydrazine groups is 1. The average Bonchev–Trinajstić information content (AvgIpc) is 2.12. The minimum absolute atomic E-state index is 0.0413. The van der Waals surface area contributed by atoms with Gasteiger partial charge in [-0.2, -0.15) is 13.2 Å². The fourth-order valence-corrected chi connectivity index (χ4v) is 1.27. The van der Waals surface area contributed by atoms with Crippen LogP contribution in [-0.4, -0.2) is 36.1 Å². The largest absolute Gasteiger partial charge is 0.401 e. The maximum absolute atomic E-state index is 12.1. The highest BCUT2D eigenvalue weighted by Gasteiger charge is 2.32. The summed E-state index contributed by atoms with van der Waals surface area (Å²) >= 11 is 0. The number of rotatable bonds is 5. The number of nitrogens with one attached hydrogen (secondary N) is 1. The first-order chi connectivity index (χ1) is 6.80. The summed E-state index contributed by atoms with van der Waals surface area (Å²) in [6.45, 7) is 2.40. The summed E-state index contributed by atoms with van der Waals surface area (Å²) in [5.41, 5.74) is 1.89. The lowest BCUT2D eigenvalue weighted by molar-refractivity contribution is -0.151. The van der Waals surface area contributed by atoms with Gasteiger partial charge in [0, 0.05) is 12.5 Å². The molecule has 1 atom stereocenters. The Balaban J connectivity index is 4.22. The Bertz CT molecular complexity index is 208. The zero-order chi connectivity index (χ0) is 12.1. The van der Waals surface area contributed by atoms with Crippen LogP contribution >= 0.6 is 0 Å². The second kappa shape index (κ2) is 5.92. The topological polar surface area (TPSA) is 58.4 Å². The SMILES string of the molecule is CCN(CC(F)(F)F)C(C)CC(=O)NN. The van der Waals surface area contributed by atoms with E-state index in [9.17, 15) is 18.0 Å². The molecule has 0 fully saturated rings. The van der Waals surface area contributed by atoms with Crippen molar-refractivity contribution in [3.05, 3.63) is 0 Å². The summed E-state index contributed by atoms with van der Waals surface area (Å²) in [4.78, 5) is 12.0. The van der Waals surface area contributed by atoms with Gasteiger partial charge in [-0.3, -0.25) is 15.1 Å². The third-order valence-electron chi connectivity index (χ3n) is 2.05. The molecule has 0 spiro atoms. The van der Waals surface area contributed by atoms with Crippen LogP contribution in [0.3, 0.4) is 0 Å². The van der Waals surface area contributed by atoms with Crippen LogP contribution in [0.5, 0.6) is 0 Å². The molecule has 0 aliphatic carbocycles. The standard InChI is InChI=1S/C8H16F3N3O/c1-3-14(5-8(9,10)11)6(2)4-7(15)13-12/h6H,3-5,12H2,1-2H3,(H,13,15). The molecule has 0 rings (SSSR count). The summed E-state index contributed by atoms with van der Waals surface area (Å²) in [6.07, 6.45) is -4.29. The van der Waals surface area contributed by atoms with Gasteiger partial charge in [-0.1, -0.05) is 6.92 Å². The maximum atomic E-state index is 12.1. The van der Waals surface area contributed by atoms with Crippen molar-refractivity contribution in [2.75, 3.05) is 13.1 Å². The van der Waals surface area contributed by atoms with Gasteiger partial charge in [-0.05, 0) is 13.5 Å². The van der Waals surface area contributed by atoms with Crippen LogP contribution in [0.4, 0.5) is 13.2 Å². The van der Waals surface area contributed by atoms with Gasteiger partial charge in [0.2, 0.25) is 5.91 Å². The lowest BCUT2D eigenvalue weighted by atomic mass is 10.2. The number of carbonyl (C=O) groups excluding carboxylic acids is 1. The molecule has 0 heterocycles. The van der Waals surface area contributed by atoms with E-state index in [1.54, 1.807) is 13.8 Å². The van der Waals surface area contributed by atoms with Crippen molar-refractivity contribution in [1.82, 2.24) is 10.3 Å². The van der Waals surface area contributed by atoms with Gasteiger partial charge in [0.1, 0.15) is 0 Å². The van der Waals surface area contributed by atoms with E-state index in [0.717, 1.165) is 0 Å². The van der Waals surface area contributed by atoms with E-state index in [4.69, 9.17) is 5.84 Å². The highest BCUT2D eigenvalue weighted by molar-refractivity contribution is 5.75. The first-order valence-corrected chi connectivity index (χ1v) is 4.60. The number of nitrogens with zero attached hydrogens (tertiary/aromatic N) is 1. The zero-order valence-corrected chi connectivity index (χ0v) is 8.77. The Labute approximate surface area is 86.6 Å². The van der Waals surface area contributed by atoms with Crippen LogP contribution in [0.1, 0.15) is 20.3 Å². The molecule has 0 aliphatic rings. The highest BCUT2D eigenvalue weighted by Crippen LogP contribution is 2.18. The van der Waals surface area contributed by atoms with E-state index in [2.05, 4.69) is 0 Å². The number of alkyl halides is 3. The Morgan fingerprint density at radius 1 is 1.53 bits per heavy atom. The first kappa shape index (κ1) is 14.2. The minimum atomic E-state index is -4.25. The van der Waals surface area contributed by atoms with Gasteiger partial charge < -0.3 is 0 Å². The molecule has 0 radical (unpaired) electrons. The van der Waals surface area contributed by atoms with E-state index in [1.165, 1.54) is 4.90 Å². The van der Waals surface area contributed by atoms with Crippen molar-refractivity contribution < 1.29 is 18.0 Å². The summed E-state index contributed by atoms with van der Waals surface area (Å²) in [7, 11) is 0. The van der Waals surface area contributed by atoms with Crippen LogP contribution in [-0.2, 0) is 4.79 Å². The van der Waals surface area contributed by atoms with Crippen molar-refractivity contribution in [2.45, 2.75) is 32.5 Å². The monoisotopic (exact) mass is 227 g/mol. The smallest absolute Gasteiger partial charge is 0.294 e. The average molecular weight is 227 g/mol. The molecule has 15 heavy (non-hydrogen) atoms. The number of carbonyl (C=O) groups is 1. The van der Waals surface area contributed by atoms with E-state index in [-0.39, 0.29) is 13.0 Å². The molecule has 0 saturated carbocycles. The summed E-state index contributed by atoms with van der Waals surface area (Å²) < 4.78 is 36.3. The number of halogens is 3. The fraction of sp³-hybridized carbons (Fsp3) is 0.875. The molecular formula is C8H16F3N3O. The molecule has 0 aromatic carbocycles. The number of nitrogens with two attached hydrogens (primary N) is 1. The summed E-state index contributed by atoms with van der Waals surface area (Å²) in [5, 5.41) is 0.